The van der Waals surface area contributed by atoms with Crippen LogP contribution in [0.25, 0.3) is 10.8 Å². The minimum Gasteiger partial charge on any atom is -0.258 e. The van der Waals surface area contributed by atoms with E-state index in [1.807, 2.05) is 0 Å². The molecule has 88 valence electrons. The summed E-state index contributed by atoms with van der Waals surface area (Å²) in [6.45, 7) is 0. The van der Waals surface area contributed by atoms with Crippen LogP contribution in [0.3, 0.4) is 0 Å². The van der Waals surface area contributed by atoms with Gasteiger partial charge in [0.05, 0.1) is 15.2 Å². The quantitative estimate of drug-likeness (QED) is 0.644. The number of sulfonamides is 1. The summed E-state index contributed by atoms with van der Waals surface area (Å²) in [5.41, 5.74) is -0.145. The SMILES string of the molecule is NS(=O)(=O)c1cccc2c([N+](=O)[O-])cccc12. The Hall–Kier alpha value is -1.99. The molecule has 0 heterocycles. The number of nitro groups is 1. The summed E-state index contributed by atoms with van der Waals surface area (Å²) in [6.07, 6.45) is 0. The number of nitrogens with zero attached hydrogens (tertiary/aromatic N) is 1. The smallest absolute Gasteiger partial charge is 0.258 e. The highest BCUT2D eigenvalue weighted by Crippen LogP contribution is 2.29. The summed E-state index contributed by atoms with van der Waals surface area (Å²) >= 11 is 0. The largest absolute Gasteiger partial charge is 0.277 e. The van der Waals surface area contributed by atoms with Crippen molar-refractivity contribution in [2.24, 2.45) is 5.14 Å². The van der Waals surface area contributed by atoms with Crippen LogP contribution < -0.4 is 5.14 Å². The van der Waals surface area contributed by atoms with Crippen molar-refractivity contribution in [2.75, 3.05) is 0 Å². The Morgan fingerprint density at radius 1 is 1.06 bits per heavy atom. The molecule has 0 saturated heterocycles. The van der Waals surface area contributed by atoms with Crippen LogP contribution in [0.5, 0.6) is 0 Å². The normalized spacial score (nSPS) is 11.6. The van der Waals surface area contributed by atoms with E-state index in [9.17, 15) is 18.5 Å². The first kappa shape index (κ1) is 11.5. The molecule has 6 nitrogen and oxygen atoms in total. The van der Waals surface area contributed by atoms with Gasteiger partial charge in [-0.3, -0.25) is 10.1 Å². The molecule has 0 unspecified atom stereocenters. The second kappa shape index (κ2) is 3.79. The van der Waals surface area contributed by atoms with Gasteiger partial charge in [0.15, 0.2) is 0 Å². The molecule has 0 amide bonds. The summed E-state index contributed by atoms with van der Waals surface area (Å²) in [6, 6.07) is 8.46. The molecular formula is C10H8N2O4S. The molecular weight excluding hydrogens is 244 g/mol. The predicted molar refractivity (Wildman–Crippen MR) is 62.0 cm³/mol. The van der Waals surface area contributed by atoms with Gasteiger partial charge in [-0.05, 0) is 12.1 Å². The van der Waals surface area contributed by atoms with E-state index < -0.39 is 14.9 Å². The lowest BCUT2D eigenvalue weighted by molar-refractivity contribution is -0.383. The molecule has 7 heteroatoms. The van der Waals surface area contributed by atoms with Gasteiger partial charge in [0.25, 0.3) is 5.69 Å². The lowest BCUT2D eigenvalue weighted by Gasteiger charge is -2.04. The first-order valence-electron chi connectivity index (χ1n) is 4.60. The molecule has 2 rings (SSSR count). The van der Waals surface area contributed by atoms with E-state index in [4.69, 9.17) is 5.14 Å². The highest BCUT2D eigenvalue weighted by Gasteiger charge is 2.17. The molecule has 0 atom stereocenters. The van der Waals surface area contributed by atoms with E-state index in [2.05, 4.69) is 0 Å². The minimum atomic E-state index is -3.89. The number of primary sulfonamides is 1. The number of nitro benzene ring substituents is 1. The van der Waals surface area contributed by atoms with Crippen molar-refractivity contribution in [3.63, 3.8) is 0 Å². The Morgan fingerprint density at radius 3 is 2.24 bits per heavy atom. The molecule has 2 aromatic rings. The van der Waals surface area contributed by atoms with Crippen LogP contribution in [0.2, 0.25) is 0 Å². The molecule has 2 aromatic carbocycles. The fourth-order valence-corrected chi connectivity index (χ4v) is 2.42. The van der Waals surface area contributed by atoms with Crippen molar-refractivity contribution in [2.45, 2.75) is 4.90 Å². The van der Waals surface area contributed by atoms with Gasteiger partial charge < -0.3 is 0 Å². The molecule has 0 bridgehead atoms. The van der Waals surface area contributed by atoms with Crippen LogP contribution in [-0.4, -0.2) is 13.3 Å². The van der Waals surface area contributed by atoms with Gasteiger partial charge in [0.1, 0.15) is 0 Å². The highest BCUT2D eigenvalue weighted by atomic mass is 32.2. The van der Waals surface area contributed by atoms with Crippen LogP contribution in [0.4, 0.5) is 5.69 Å². The maximum Gasteiger partial charge on any atom is 0.277 e. The summed E-state index contributed by atoms with van der Waals surface area (Å²) < 4.78 is 22.7. The molecule has 0 spiro atoms. The van der Waals surface area contributed by atoms with Gasteiger partial charge >= 0.3 is 0 Å². The first-order valence-corrected chi connectivity index (χ1v) is 6.15. The fourth-order valence-electron chi connectivity index (χ4n) is 1.67. The summed E-state index contributed by atoms with van der Waals surface area (Å²) in [7, 11) is -3.89. The standard InChI is InChI=1S/C10H8N2O4S/c11-17(15,16)10-6-2-3-7-8(10)4-1-5-9(7)12(13)14/h1-6H,(H2,11,15,16). The van der Waals surface area contributed by atoms with Crippen LogP contribution in [0, 0.1) is 10.1 Å². The highest BCUT2D eigenvalue weighted by molar-refractivity contribution is 7.89. The zero-order valence-corrected chi connectivity index (χ0v) is 9.35. The minimum absolute atomic E-state index is 0.112. The van der Waals surface area contributed by atoms with Crippen molar-refractivity contribution in [3.8, 4) is 0 Å². The van der Waals surface area contributed by atoms with Crippen molar-refractivity contribution in [1.82, 2.24) is 0 Å². The lowest BCUT2D eigenvalue weighted by atomic mass is 10.1. The Bertz CT molecular complexity index is 709. The van der Waals surface area contributed by atoms with Gasteiger partial charge in [-0.1, -0.05) is 18.2 Å². The number of benzene rings is 2. The molecule has 0 aliphatic heterocycles. The Labute approximate surface area is 96.9 Å². The maximum atomic E-state index is 11.3. The van der Waals surface area contributed by atoms with E-state index >= 15 is 0 Å². The van der Waals surface area contributed by atoms with Gasteiger partial charge in [-0.25, -0.2) is 13.6 Å². The summed E-state index contributed by atoms with van der Waals surface area (Å²) in [5.74, 6) is 0. The first-order chi connectivity index (χ1) is 7.91. The van der Waals surface area contributed by atoms with Crippen molar-refractivity contribution >= 4 is 26.5 Å². The van der Waals surface area contributed by atoms with Crippen LogP contribution >= 0.6 is 0 Å². The lowest BCUT2D eigenvalue weighted by Crippen LogP contribution is -2.12. The van der Waals surface area contributed by atoms with Crippen LogP contribution in [0.15, 0.2) is 41.3 Å². The fraction of sp³-hybridized carbons (Fsp3) is 0. The van der Waals surface area contributed by atoms with Crippen molar-refractivity contribution in [1.29, 1.82) is 0 Å². The number of hydrogen-bond donors (Lipinski definition) is 1. The molecule has 0 radical (unpaired) electrons. The van der Waals surface area contributed by atoms with E-state index in [1.165, 1.54) is 36.4 Å². The number of fused-ring (bicyclic) bond motifs is 1. The zero-order chi connectivity index (χ0) is 12.6. The number of nitrogens with two attached hydrogens (primary N) is 1. The van der Waals surface area contributed by atoms with E-state index in [-0.39, 0.29) is 21.4 Å². The Kier molecular flexibility index (Phi) is 2.56. The number of non-ortho nitro benzene ring substituents is 1. The monoisotopic (exact) mass is 252 g/mol. The third-order valence-electron chi connectivity index (χ3n) is 2.36. The van der Waals surface area contributed by atoms with Crippen molar-refractivity contribution in [3.05, 3.63) is 46.5 Å². The van der Waals surface area contributed by atoms with Gasteiger partial charge in [-0.15, -0.1) is 0 Å². The van der Waals surface area contributed by atoms with E-state index in [1.54, 1.807) is 0 Å². The predicted octanol–water partition coefficient (Wildman–Crippen LogP) is 1.40. The second-order valence-electron chi connectivity index (χ2n) is 3.43. The zero-order valence-electron chi connectivity index (χ0n) is 8.53. The third-order valence-corrected chi connectivity index (χ3v) is 3.33. The average molecular weight is 252 g/mol. The molecule has 0 aromatic heterocycles. The number of rotatable bonds is 2. The molecule has 0 aliphatic rings. The topological polar surface area (TPSA) is 103 Å². The van der Waals surface area contributed by atoms with Gasteiger partial charge in [0.2, 0.25) is 10.0 Å². The second-order valence-corrected chi connectivity index (χ2v) is 4.96. The Balaban J connectivity index is 2.94. The maximum absolute atomic E-state index is 11.3. The van der Waals surface area contributed by atoms with E-state index in [0.29, 0.717) is 0 Å². The van der Waals surface area contributed by atoms with E-state index in [0.717, 1.165) is 0 Å². The third kappa shape index (κ3) is 1.97. The average Bonchev–Trinajstić information content (AvgIpc) is 2.26. The Morgan fingerprint density at radius 2 is 1.65 bits per heavy atom. The molecule has 17 heavy (non-hydrogen) atoms. The summed E-state index contributed by atoms with van der Waals surface area (Å²) in [5, 5.41) is 16.4. The molecule has 0 fully saturated rings. The van der Waals surface area contributed by atoms with Gasteiger partial charge in [-0.2, -0.15) is 0 Å². The number of hydrogen-bond acceptors (Lipinski definition) is 4. The molecule has 2 N–H and O–H groups in total. The van der Waals surface area contributed by atoms with Gasteiger partial charge in [0, 0.05) is 11.5 Å². The summed E-state index contributed by atoms with van der Waals surface area (Å²) in [4.78, 5) is 10.1. The van der Waals surface area contributed by atoms with Crippen LogP contribution in [-0.2, 0) is 10.0 Å². The van der Waals surface area contributed by atoms with Crippen molar-refractivity contribution < 1.29 is 13.3 Å². The van der Waals surface area contributed by atoms with Crippen LogP contribution in [0.1, 0.15) is 0 Å². The molecule has 0 aliphatic carbocycles. The molecule has 0 saturated carbocycles.